The van der Waals surface area contributed by atoms with Gasteiger partial charge in [-0.05, 0) is 42.8 Å². The molecule has 0 unspecified atom stereocenters. The van der Waals surface area contributed by atoms with Crippen molar-refractivity contribution in [2.75, 3.05) is 13.7 Å². The normalized spacial score (nSPS) is 11.1. The number of hydrogen-bond donors (Lipinski definition) is 0. The van der Waals surface area contributed by atoms with Gasteiger partial charge in [-0.1, -0.05) is 6.07 Å². The molecule has 0 radical (unpaired) electrons. The van der Waals surface area contributed by atoms with Crippen molar-refractivity contribution in [1.82, 2.24) is 0 Å². The number of ether oxygens (including phenoxy) is 2. The number of carbonyl (C=O) groups excluding carboxylic acids is 2. The maximum atomic E-state index is 12.6. The van der Waals surface area contributed by atoms with Gasteiger partial charge in [0.2, 0.25) is 0 Å². The minimum Gasteiger partial charge on any atom is -0.469 e. The molecule has 22 heavy (non-hydrogen) atoms. The Balaban J connectivity index is 3.03. The Morgan fingerprint density at radius 3 is 2.50 bits per heavy atom. The van der Waals surface area contributed by atoms with E-state index in [0.717, 1.165) is 0 Å². The highest BCUT2D eigenvalue weighted by molar-refractivity contribution is 8.00. The molecule has 4 nitrogen and oxygen atoms in total. The number of thioether (sulfide) groups is 1. The van der Waals surface area contributed by atoms with Gasteiger partial charge in [0.1, 0.15) is 0 Å². The Kier molecular flexibility index (Phi) is 6.73. The SMILES string of the molecule is CCOC(=O)c1ccc(CCC(=O)OC)cc1SC(F)(F)F. The van der Waals surface area contributed by atoms with E-state index in [4.69, 9.17) is 4.74 Å². The van der Waals surface area contributed by atoms with Gasteiger partial charge in [0.15, 0.2) is 0 Å². The number of methoxy groups -OCH3 is 1. The van der Waals surface area contributed by atoms with Crippen LogP contribution in [0.1, 0.15) is 29.3 Å². The van der Waals surface area contributed by atoms with Crippen LogP contribution in [0.15, 0.2) is 23.1 Å². The minimum absolute atomic E-state index is 0.0470. The highest BCUT2D eigenvalue weighted by Gasteiger charge is 2.31. The molecule has 0 atom stereocenters. The molecule has 0 fully saturated rings. The molecule has 122 valence electrons. The van der Waals surface area contributed by atoms with E-state index in [1.54, 1.807) is 6.92 Å². The Hall–Kier alpha value is -1.70. The summed E-state index contributed by atoms with van der Waals surface area (Å²) in [6.07, 6.45) is 0.270. The molecule has 0 aliphatic carbocycles. The first kappa shape index (κ1) is 18.3. The zero-order valence-electron chi connectivity index (χ0n) is 12.0. The lowest BCUT2D eigenvalue weighted by atomic mass is 10.1. The van der Waals surface area contributed by atoms with Crippen LogP contribution in [0.4, 0.5) is 13.2 Å². The molecule has 0 N–H and O–H groups in total. The van der Waals surface area contributed by atoms with E-state index in [1.807, 2.05) is 0 Å². The van der Waals surface area contributed by atoms with Crippen LogP contribution in [0.5, 0.6) is 0 Å². The molecule has 0 amide bonds. The van der Waals surface area contributed by atoms with Crippen molar-refractivity contribution in [2.45, 2.75) is 30.2 Å². The summed E-state index contributed by atoms with van der Waals surface area (Å²) in [4.78, 5) is 22.5. The first-order valence-electron chi connectivity index (χ1n) is 6.39. The second-order valence-electron chi connectivity index (χ2n) is 4.17. The van der Waals surface area contributed by atoms with Crippen LogP contribution in [-0.2, 0) is 20.7 Å². The number of halogens is 3. The molecule has 0 heterocycles. The molecule has 8 heteroatoms. The van der Waals surface area contributed by atoms with Crippen LogP contribution in [0, 0.1) is 0 Å². The third-order valence-corrected chi connectivity index (χ3v) is 3.40. The number of alkyl halides is 3. The Labute approximate surface area is 130 Å². The number of benzene rings is 1. The van der Waals surface area contributed by atoms with Crippen molar-refractivity contribution < 1.29 is 32.2 Å². The summed E-state index contributed by atoms with van der Waals surface area (Å²) in [5.41, 5.74) is -4.17. The fourth-order valence-electron chi connectivity index (χ4n) is 1.66. The summed E-state index contributed by atoms with van der Waals surface area (Å²) in [7, 11) is 1.23. The number of esters is 2. The summed E-state index contributed by atoms with van der Waals surface area (Å²) in [6, 6.07) is 4.02. The first-order chi connectivity index (χ1) is 10.3. The van der Waals surface area contributed by atoms with Gasteiger partial charge in [0.05, 0.1) is 19.3 Å². The molecule has 0 saturated heterocycles. The quantitative estimate of drug-likeness (QED) is 0.587. The fourth-order valence-corrected chi connectivity index (χ4v) is 2.38. The van der Waals surface area contributed by atoms with E-state index in [0.29, 0.717) is 5.56 Å². The van der Waals surface area contributed by atoms with Crippen molar-refractivity contribution in [2.24, 2.45) is 0 Å². The summed E-state index contributed by atoms with van der Waals surface area (Å²) in [5.74, 6) is -1.27. The lowest BCUT2D eigenvalue weighted by Crippen LogP contribution is -2.09. The molecule has 1 aromatic carbocycles. The topological polar surface area (TPSA) is 52.6 Å². The molecule has 0 bridgehead atoms. The second kappa shape index (κ2) is 8.07. The van der Waals surface area contributed by atoms with E-state index >= 15 is 0 Å². The third kappa shape index (κ3) is 5.97. The highest BCUT2D eigenvalue weighted by Crippen LogP contribution is 2.39. The van der Waals surface area contributed by atoms with Gasteiger partial charge >= 0.3 is 17.4 Å². The van der Waals surface area contributed by atoms with Crippen LogP contribution in [0.2, 0.25) is 0 Å². The Morgan fingerprint density at radius 1 is 1.27 bits per heavy atom. The number of carbonyl (C=O) groups is 2. The fraction of sp³-hybridized carbons (Fsp3) is 0.429. The predicted octanol–water partition coefficient (Wildman–Crippen LogP) is 3.58. The van der Waals surface area contributed by atoms with Crippen LogP contribution < -0.4 is 0 Å². The largest absolute Gasteiger partial charge is 0.469 e. The van der Waals surface area contributed by atoms with Crippen molar-refractivity contribution >= 4 is 23.7 Å². The molecule has 0 saturated carbocycles. The van der Waals surface area contributed by atoms with Gasteiger partial charge in [-0.25, -0.2) is 4.79 Å². The molecular formula is C14H15F3O4S. The number of aryl methyl sites for hydroxylation is 1. The van der Waals surface area contributed by atoms with Crippen molar-refractivity contribution in [1.29, 1.82) is 0 Å². The first-order valence-corrected chi connectivity index (χ1v) is 7.21. The predicted molar refractivity (Wildman–Crippen MR) is 74.6 cm³/mol. The number of rotatable bonds is 6. The standard InChI is InChI=1S/C14H15F3O4S/c1-3-21-13(19)10-6-4-9(5-7-12(18)20-2)8-11(10)22-14(15,16)17/h4,6,8H,3,5,7H2,1-2H3. The van der Waals surface area contributed by atoms with E-state index in [9.17, 15) is 22.8 Å². The average Bonchev–Trinajstić information content (AvgIpc) is 2.43. The van der Waals surface area contributed by atoms with E-state index in [2.05, 4.69) is 4.74 Å². The lowest BCUT2D eigenvalue weighted by Gasteiger charge is -2.12. The smallest absolute Gasteiger partial charge is 0.446 e. The maximum Gasteiger partial charge on any atom is 0.446 e. The molecule has 0 aliphatic rings. The maximum absolute atomic E-state index is 12.6. The average molecular weight is 336 g/mol. The summed E-state index contributed by atoms with van der Waals surface area (Å²) in [5, 5.41) is 0. The minimum atomic E-state index is -4.53. The van der Waals surface area contributed by atoms with Gasteiger partial charge in [-0.15, -0.1) is 0 Å². The third-order valence-electron chi connectivity index (χ3n) is 2.61. The molecular weight excluding hydrogens is 321 g/mol. The summed E-state index contributed by atoms with van der Waals surface area (Å²) >= 11 is -0.381. The highest BCUT2D eigenvalue weighted by atomic mass is 32.2. The Bertz CT molecular complexity index is 543. The van der Waals surface area contributed by atoms with Gasteiger partial charge in [-0.2, -0.15) is 13.2 Å². The van der Waals surface area contributed by atoms with E-state index in [1.165, 1.54) is 25.3 Å². The molecule has 0 spiro atoms. The van der Waals surface area contributed by atoms with Crippen molar-refractivity contribution in [3.63, 3.8) is 0 Å². The van der Waals surface area contributed by atoms with Gasteiger partial charge in [0.25, 0.3) is 0 Å². The van der Waals surface area contributed by atoms with E-state index in [-0.39, 0.29) is 41.7 Å². The van der Waals surface area contributed by atoms with Gasteiger partial charge < -0.3 is 9.47 Å². The van der Waals surface area contributed by atoms with Crippen LogP contribution >= 0.6 is 11.8 Å². The summed E-state index contributed by atoms with van der Waals surface area (Å²) in [6.45, 7) is 1.64. The van der Waals surface area contributed by atoms with Crippen LogP contribution in [-0.4, -0.2) is 31.2 Å². The van der Waals surface area contributed by atoms with Crippen LogP contribution in [0.3, 0.4) is 0 Å². The van der Waals surface area contributed by atoms with Crippen molar-refractivity contribution in [3.05, 3.63) is 29.3 Å². The molecule has 1 aromatic rings. The number of hydrogen-bond acceptors (Lipinski definition) is 5. The zero-order chi connectivity index (χ0) is 16.8. The molecule has 0 aromatic heterocycles. The Morgan fingerprint density at radius 2 is 1.95 bits per heavy atom. The van der Waals surface area contributed by atoms with Gasteiger partial charge in [0, 0.05) is 11.3 Å². The summed E-state index contributed by atoms with van der Waals surface area (Å²) < 4.78 is 47.0. The lowest BCUT2D eigenvalue weighted by molar-refractivity contribution is -0.140. The van der Waals surface area contributed by atoms with E-state index < -0.39 is 17.4 Å². The van der Waals surface area contributed by atoms with Crippen LogP contribution in [0.25, 0.3) is 0 Å². The second-order valence-corrected chi connectivity index (χ2v) is 5.28. The monoisotopic (exact) mass is 336 g/mol. The zero-order valence-corrected chi connectivity index (χ0v) is 12.8. The molecule has 1 rings (SSSR count). The van der Waals surface area contributed by atoms with Crippen molar-refractivity contribution in [3.8, 4) is 0 Å². The molecule has 0 aliphatic heterocycles. The van der Waals surface area contributed by atoms with Gasteiger partial charge in [-0.3, -0.25) is 4.79 Å².